The Bertz CT molecular complexity index is 46.8. The van der Waals surface area contributed by atoms with Crippen LogP contribution in [0.5, 0.6) is 0 Å². The summed E-state index contributed by atoms with van der Waals surface area (Å²) in [6.45, 7) is 0. The van der Waals surface area contributed by atoms with Crippen LogP contribution in [0.25, 0.3) is 0 Å². The van der Waals surface area contributed by atoms with Crippen LogP contribution in [0.4, 0.5) is 0 Å². The second-order valence-corrected chi connectivity index (χ2v) is 8.45. The summed E-state index contributed by atoms with van der Waals surface area (Å²) < 4.78 is 1.16. The summed E-state index contributed by atoms with van der Waals surface area (Å²) in [6, 6.07) is 0. The van der Waals surface area contributed by atoms with E-state index in [-0.39, 0.29) is 0 Å². The monoisotopic (exact) mass is 518 g/mol. The fourth-order valence-electron chi connectivity index (χ4n) is 0.0278. The minimum atomic E-state index is 0.994. The van der Waals surface area contributed by atoms with E-state index >= 15 is 0 Å². The van der Waals surface area contributed by atoms with Crippen LogP contribution < -0.4 is 0 Å². The molecule has 5 heteroatoms. The molecule has 0 rings (SSSR count). The van der Waals surface area contributed by atoms with Crippen molar-refractivity contribution in [2.45, 2.75) is 0 Å². The van der Waals surface area contributed by atoms with Gasteiger partial charge in [-0.05, 0) is 0 Å². The van der Waals surface area contributed by atoms with E-state index in [9.17, 15) is 0 Å². The van der Waals surface area contributed by atoms with E-state index in [4.69, 9.17) is 12.2 Å². The van der Waals surface area contributed by atoms with Gasteiger partial charge >= 0.3 is 80.9 Å². The zero-order valence-corrected chi connectivity index (χ0v) is 14.3. The fourth-order valence-corrected chi connectivity index (χ4v) is 19.2. The average Bonchev–Trinajstić information content (AvgIpc) is 1.65. The first-order valence-electron chi connectivity index (χ1n) is 1.08. The van der Waals surface area contributed by atoms with Gasteiger partial charge in [-0.3, -0.25) is 0 Å². The Kier molecular flexibility index (Phi) is 8.30. The first-order chi connectivity index (χ1) is 2.81. The van der Waals surface area contributed by atoms with Crippen molar-refractivity contribution >= 4 is 80.9 Å². The number of hydrogen-bond donors (Lipinski definition) is 0. The molecule has 0 atom stereocenters. The van der Waals surface area contributed by atoms with Crippen LogP contribution in [-0.2, 0) is 0 Å². The second kappa shape index (κ2) is 5.77. The van der Waals surface area contributed by atoms with Crippen molar-refractivity contribution in [1.29, 1.82) is 0 Å². The summed E-state index contributed by atoms with van der Waals surface area (Å²) in [4.78, 5) is 0. The molecule has 0 aliphatic heterocycles. The molecule has 0 bridgehead atoms. The third kappa shape index (κ3) is 4.78. The molecule has 0 saturated carbocycles. The van der Waals surface area contributed by atoms with Gasteiger partial charge in [-0.2, -0.15) is 0 Å². The summed E-state index contributed by atoms with van der Waals surface area (Å²) in [5.74, 6) is 0. The van der Waals surface area contributed by atoms with Crippen LogP contribution in [0, 0.1) is 0 Å². The molecule has 28 valence electrons. The van der Waals surface area contributed by atoms with Gasteiger partial charge in [0.15, 0.2) is 0 Å². The van der Waals surface area contributed by atoms with E-state index in [0.717, 1.165) is 52.1 Å². The van der Waals surface area contributed by atoms with E-state index in [0.29, 0.717) is 0 Å². The van der Waals surface area contributed by atoms with Gasteiger partial charge in [0.25, 0.3) is 0 Å². The van der Waals surface area contributed by atoms with Crippen LogP contribution in [-0.4, -0.2) is 52.1 Å². The van der Waals surface area contributed by atoms with Crippen molar-refractivity contribution in [1.82, 2.24) is 0 Å². The predicted octanol–water partition coefficient (Wildman–Crippen LogP) is 0.905. The maximum absolute atomic E-state index is 4.87. The molecule has 6 heavy (non-hydrogen) atoms. The average molecular weight is 517 g/mol. The third-order valence-corrected chi connectivity index (χ3v) is 15.2. The molecular formula is CS3Tl2. The van der Waals surface area contributed by atoms with Crippen molar-refractivity contribution in [3.63, 3.8) is 0 Å². The van der Waals surface area contributed by atoms with Crippen molar-refractivity contribution in [2.24, 2.45) is 0 Å². The standard InChI is InChI=1S/CH2S3.2Tl/c2-1(3)4;;/h(H2,2,3,4);;/q;2*+1/p-2. The van der Waals surface area contributed by atoms with Gasteiger partial charge in [-0.1, -0.05) is 0 Å². The Balaban J connectivity index is 2.99. The van der Waals surface area contributed by atoms with Crippen LogP contribution in [0.3, 0.4) is 0 Å². The molecule has 0 aliphatic rings. The molecule has 0 spiro atoms. The number of rotatable bonds is 0. The molecule has 0 nitrogen and oxygen atoms in total. The Hall–Kier alpha value is 2.63. The zero-order chi connectivity index (χ0) is 4.99. The molecule has 0 saturated heterocycles. The molecule has 0 amide bonds. The molecular weight excluding hydrogens is 517 g/mol. The molecule has 0 aliphatic carbocycles. The normalized spacial score (nSPS) is 7.67. The van der Waals surface area contributed by atoms with Gasteiger partial charge in [-0.25, -0.2) is 0 Å². The predicted molar refractivity (Wildman–Crippen MR) is 39.3 cm³/mol. The van der Waals surface area contributed by atoms with Gasteiger partial charge in [0.05, 0.1) is 0 Å². The van der Waals surface area contributed by atoms with Crippen LogP contribution in [0.15, 0.2) is 0 Å². The van der Waals surface area contributed by atoms with Crippen molar-refractivity contribution in [2.75, 3.05) is 0 Å². The van der Waals surface area contributed by atoms with Crippen LogP contribution in [0.1, 0.15) is 0 Å². The zero-order valence-electron chi connectivity index (χ0n) is 2.88. The van der Waals surface area contributed by atoms with Crippen LogP contribution in [0.2, 0.25) is 0 Å². The van der Waals surface area contributed by atoms with Gasteiger partial charge in [0.2, 0.25) is 0 Å². The van der Waals surface area contributed by atoms with Gasteiger partial charge < -0.3 is 0 Å². The van der Waals surface area contributed by atoms with Crippen molar-refractivity contribution < 1.29 is 0 Å². The van der Waals surface area contributed by atoms with Crippen LogP contribution >= 0.6 is 28.8 Å². The third-order valence-electron chi connectivity index (χ3n) is 0.192. The molecule has 0 heterocycles. The topological polar surface area (TPSA) is 0 Å². The Labute approximate surface area is 79.3 Å². The fraction of sp³-hybridized carbons (Fsp3) is 0. The van der Waals surface area contributed by atoms with Gasteiger partial charge in [0, 0.05) is 0 Å². The Morgan fingerprint density at radius 2 is 1.67 bits per heavy atom. The molecule has 0 N–H and O–H groups in total. The van der Waals surface area contributed by atoms with Crippen molar-refractivity contribution in [3.8, 4) is 0 Å². The molecule has 0 radical (unpaired) electrons. The number of thiocarbonyl (C=S) groups is 1. The minimum absolute atomic E-state index is 0.994. The summed E-state index contributed by atoms with van der Waals surface area (Å²) in [5.41, 5.74) is 0. The van der Waals surface area contributed by atoms with E-state index in [1.165, 1.54) is 0 Å². The van der Waals surface area contributed by atoms with E-state index in [1.807, 2.05) is 16.6 Å². The van der Waals surface area contributed by atoms with Gasteiger partial charge in [0.1, 0.15) is 0 Å². The van der Waals surface area contributed by atoms with E-state index in [2.05, 4.69) is 0 Å². The number of hydrogen-bond acceptors (Lipinski definition) is 3. The quantitative estimate of drug-likeness (QED) is 0.347. The van der Waals surface area contributed by atoms with Crippen molar-refractivity contribution in [3.05, 3.63) is 0 Å². The first kappa shape index (κ1) is 8.63. The van der Waals surface area contributed by atoms with Gasteiger partial charge in [-0.15, -0.1) is 0 Å². The molecule has 0 aromatic heterocycles. The Morgan fingerprint density at radius 3 is 1.67 bits per heavy atom. The molecule has 0 aromatic rings. The molecule has 0 aromatic carbocycles. The maximum atomic E-state index is 4.87. The summed E-state index contributed by atoms with van der Waals surface area (Å²) in [5, 5.41) is 0. The molecule has 0 unspecified atom stereocenters. The SMILES string of the molecule is S=C([S][Tl])[S][Tl]. The first-order valence-corrected chi connectivity index (χ1v) is 14.2. The summed E-state index contributed by atoms with van der Waals surface area (Å²) in [7, 11) is 3.66. The summed E-state index contributed by atoms with van der Waals surface area (Å²) >= 11 is 6.85. The summed E-state index contributed by atoms with van der Waals surface area (Å²) in [6.07, 6.45) is 0. The Morgan fingerprint density at radius 1 is 1.33 bits per heavy atom. The van der Waals surface area contributed by atoms with E-state index < -0.39 is 0 Å². The van der Waals surface area contributed by atoms with E-state index in [1.54, 1.807) is 0 Å². The molecule has 0 fully saturated rings. The second-order valence-electron chi connectivity index (χ2n) is 0.486.